The number of pyridine rings is 1. The van der Waals surface area contributed by atoms with Crippen LogP contribution in [0.5, 0.6) is 0 Å². The topological polar surface area (TPSA) is 40.5 Å². The highest BCUT2D eigenvalue weighted by Gasteiger charge is 2.18. The second-order valence-electron chi connectivity index (χ2n) is 4.97. The number of aryl methyl sites for hydroxylation is 2. The summed E-state index contributed by atoms with van der Waals surface area (Å²) in [5.41, 5.74) is 3.13. The van der Waals surface area contributed by atoms with E-state index in [0.717, 1.165) is 16.5 Å². The van der Waals surface area contributed by atoms with Gasteiger partial charge in [0.25, 0.3) is 5.56 Å². The molecule has 100 valence electrons. The van der Waals surface area contributed by atoms with Gasteiger partial charge in [0.2, 0.25) is 0 Å². The van der Waals surface area contributed by atoms with Crippen molar-refractivity contribution in [2.24, 2.45) is 0 Å². The van der Waals surface area contributed by atoms with Gasteiger partial charge in [-0.2, -0.15) is 0 Å². The van der Waals surface area contributed by atoms with E-state index < -0.39 is 0 Å². The summed E-state index contributed by atoms with van der Waals surface area (Å²) >= 11 is 0. The third-order valence-electron chi connectivity index (χ3n) is 3.50. The number of fused-ring (bicyclic) bond motifs is 1. The number of hydrogen-bond donors (Lipinski definition) is 0. The van der Waals surface area contributed by atoms with Gasteiger partial charge >= 0.3 is 0 Å². The van der Waals surface area contributed by atoms with Crippen LogP contribution in [0.2, 0.25) is 0 Å². The van der Waals surface area contributed by atoms with Crippen LogP contribution in [0.25, 0.3) is 10.9 Å². The molecule has 4 heteroatoms. The molecule has 0 radical (unpaired) electrons. The Hall–Kier alpha value is -1.65. The van der Waals surface area contributed by atoms with Crippen LogP contribution in [-0.4, -0.2) is 24.1 Å². The molecule has 19 heavy (non-hydrogen) atoms. The Morgan fingerprint density at radius 3 is 2.68 bits per heavy atom. The van der Waals surface area contributed by atoms with E-state index in [0.29, 0.717) is 19.8 Å². The van der Waals surface area contributed by atoms with Crippen LogP contribution in [0.3, 0.4) is 0 Å². The van der Waals surface area contributed by atoms with Gasteiger partial charge in [-0.15, -0.1) is 0 Å². The zero-order chi connectivity index (χ0) is 13.4. The van der Waals surface area contributed by atoms with E-state index in [1.54, 1.807) is 10.6 Å². The highest BCUT2D eigenvalue weighted by Crippen LogP contribution is 2.19. The van der Waals surface area contributed by atoms with Crippen LogP contribution in [-0.2, 0) is 16.0 Å². The first-order valence-corrected chi connectivity index (χ1v) is 6.49. The Morgan fingerprint density at radius 1 is 1.21 bits per heavy atom. The van der Waals surface area contributed by atoms with Crippen LogP contribution in [0.4, 0.5) is 0 Å². The lowest BCUT2D eigenvalue weighted by atomic mass is 10.1. The molecule has 0 amide bonds. The zero-order valence-corrected chi connectivity index (χ0v) is 11.2. The van der Waals surface area contributed by atoms with Gasteiger partial charge in [-0.05, 0) is 31.5 Å². The number of benzene rings is 1. The average molecular weight is 259 g/mol. The Kier molecular flexibility index (Phi) is 3.12. The molecule has 4 nitrogen and oxygen atoms in total. The van der Waals surface area contributed by atoms with E-state index in [-0.39, 0.29) is 11.8 Å². The fraction of sp³-hybridized carbons (Fsp3) is 0.400. The van der Waals surface area contributed by atoms with E-state index in [2.05, 4.69) is 13.0 Å². The third kappa shape index (κ3) is 2.29. The van der Waals surface area contributed by atoms with Gasteiger partial charge in [0.1, 0.15) is 0 Å². The largest absolute Gasteiger partial charge is 0.348 e. The summed E-state index contributed by atoms with van der Waals surface area (Å²) in [4.78, 5) is 12.2. The molecule has 3 rings (SSSR count). The van der Waals surface area contributed by atoms with Gasteiger partial charge in [0.05, 0.1) is 25.3 Å². The Bertz CT molecular complexity index is 669. The summed E-state index contributed by atoms with van der Waals surface area (Å²) in [5, 5.41) is 1.11. The molecule has 1 fully saturated rings. The first kappa shape index (κ1) is 12.4. The molecule has 0 N–H and O–H groups in total. The summed E-state index contributed by atoms with van der Waals surface area (Å²) in [6.45, 7) is 5.66. The molecule has 1 aliphatic heterocycles. The molecule has 0 unspecified atom stereocenters. The molecule has 2 aromatic rings. The quantitative estimate of drug-likeness (QED) is 0.828. The molecule has 1 saturated heterocycles. The summed E-state index contributed by atoms with van der Waals surface area (Å²) in [5.74, 6) is 0. The summed E-state index contributed by atoms with van der Waals surface area (Å²) < 4.78 is 12.6. The molecule has 0 aliphatic carbocycles. The monoisotopic (exact) mass is 259 g/mol. The third-order valence-corrected chi connectivity index (χ3v) is 3.50. The molecule has 0 atom stereocenters. The van der Waals surface area contributed by atoms with Gasteiger partial charge in [-0.25, -0.2) is 0 Å². The van der Waals surface area contributed by atoms with Gasteiger partial charge in [-0.3, -0.25) is 4.79 Å². The fourth-order valence-electron chi connectivity index (χ4n) is 2.51. The molecule has 1 aromatic carbocycles. The predicted molar refractivity (Wildman–Crippen MR) is 73.4 cm³/mol. The van der Waals surface area contributed by atoms with Crippen LogP contribution < -0.4 is 5.56 Å². The lowest BCUT2D eigenvalue weighted by Crippen LogP contribution is -2.27. The Labute approximate surface area is 111 Å². The van der Waals surface area contributed by atoms with Crippen LogP contribution in [0.15, 0.2) is 29.1 Å². The first-order chi connectivity index (χ1) is 9.15. The average Bonchev–Trinajstić information content (AvgIpc) is 2.87. The van der Waals surface area contributed by atoms with E-state index in [1.807, 2.05) is 19.1 Å². The van der Waals surface area contributed by atoms with E-state index in [9.17, 15) is 4.79 Å². The molecule has 1 aromatic heterocycles. The molecular formula is C15H17NO3. The second kappa shape index (κ2) is 4.79. The number of nitrogens with zero attached hydrogens (tertiary/aromatic N) is 1. The molecule has 0 spiro atoms. The van der Waals surface area contributed by atoms with Crippen LogP contribution in [0.1, 0.15) is 11.1 Å². The van der Waals surface area contributed by atoms with Gasteiger partial charge in [-0.1, -0.05) is 11.6 Å². The van der Waals surface area contributed by atoms with Crippen molar-refractivity contribution in [2.45, 2.75) is 26.7 Å². The van der Waals surface area contributed by atoms with Crippen LogP contribution >= 0.6 is 0 Å². The summed E-state index contributed by atoms with van der Waals surface area (Å²) in [7, 11) is 0. The van der Waals surface area contributed by atoms with Crippen molar-refractivity contribution < 1.29 is 9.47 Å². The molecule has 1 aliphatic rings. The zero-order valence-electron chi connectivity index (χ0n) is 11.2. The highest BCUT2D eigenvalue weighted by molar-refractivity contribution is 5.83. The smallest absolute Gasteiger partial charge is 0.251 e. The number of ether oxygens (including phenoxy) is 2. The number of rotatable bonds is 2. The molecule has 0 saturated carbocycles. The lowest BCUT2D eigenvalue weighted by molar-refractivity contribution is -0.0522. The number of aromatic nitrogens is 1. The van der Waals surface area contributed by atoms with Crippen molar-refractivity contribution in [3.05, 3.63) is 45.7 Å². The predicted octanol–water partition coefficient (Wildman–Crippen LogP) is 1.99. The van der Waals surface area contributed by atoms with E-state index in [1.165, 1.54) is 5.56 Å². The van der Waals surface area contributed by atoms with E-state index in [4.69, 9.17) is 9.47 Å². The number of hydrogen-bond acceptors (Lipinski definition) is 3. The second-order valence-corrected chi connectivity index (χ2v) is 4.97. The first-order valence-electron chi connectivity index (χ1n) is 6.49. The normalized spacial score (nSPS) is 16.3. The van der Waals surface area contributed by atoms with Crippen molar-refractivity contribution >= 4 is 10.9 Å². The SMILES string of the molecule is Cc1ccc2c(c1)c(C)cc(=O)n2CC1OCCO1. The summed E-state index contributed by atoms with van der Waals surface area (Å²) in [6, 6.07) is 7.80. The highest BCUT2D eigenvalue weighted by atomic mass is 16.7. The minimum absolute atomic E-state index is 0.00652. The van der Waals surface area contributed by atoms with Gasteiger partial charge in [0, 0.05) is 11.5 Å². The van der Waals surface area contributed by atoms with E-state index >= 15 is 0 Å². The van der Waals surface area contributed by atoms with Crippen molar-refractivity contribution in [2.75, 3.05) is 13.2 Å². The molecule has 2 heterocycles. The maximum atomic E-state index is 12.2. The summed E-state index contributed by atoms with van der Waals surface area (Å²) in [6.07, 6.45) is -0.315. The van der Waals surface area contributed by atoms with Crippen molar-refractivity contribution in [3.8, 4) is 0 Å². The lowest BCUT2D eigenvalue weighted by Gasteiger charge is -2.15. The molecular weight excluding hydrogens is 242 g/mol. The van der Waals surface area contributed by atoms with Crippen LogP contribution in [0, 0.1) is 13.8 Å². The minimum Gasteiger partial charge on any atom is -0.348 e. The van der Waals surface area contributed by atoms with Crippen molar-refractivity contribution in [1.29, 1.82) is 0 Å². The van der Waals surface area contributed by atoms with Gasteiger partial charge in [0.15, 0.2) is 6.29 Å². The maximum Gasteiger partial charge on any atom is 0.251 e. The minimum atomic E-state index is -0.315. The fourth-order valence-corrected chi connectivity index (χ4v) is 2.51. The standard InChI is InChI=1S/C15H17NO3/c1-10-3-4-13-12(7-10)11(2)8-14(17)16(13)9-15-18-5-6-19-15/h3-4,7-8,15H,5-6,9H2,1-2H3. The Balaban J connectivity index is 2.14. The van der Waals surface area contributed by atoms with Gasteiger partial charge < -0.3 is 14.0 Å². The van der Waals surface area contributed by atoms with Crippen molar-refractivity contribution in [1.82, 2.24) is 4.57 Å². The molecule has 0 bridgehead atoms. The Morgan fingerprint density at radius 2 is 1.95 bits per heavy atom. The maximum absolute atomic E-state index is 12.2. The van der Waals surface area contributed by atoms with Crippen molar-refractivity contribution in [3.63, 3.8) is 0 Å².